The normalized spacial score (nSPS) is 19.1. The van der Waals surface area contributed by atoms with Crippen LogP contribution < -0.4 is 10.0 Å². The first-order valence-corrected chi connectivity index (χ1v) is 14.6. The minimum atomic E-state index is -3.83. The summed E-state index contributed by atoms with van der Waals surface area (Å²) < 4.78 is 29.9. The molecule has 200 valence electrons. The molecule has 0 spiro atoms. The van der Waals surface area contributed by atoms with Crippen LogP contribution in [0, 0.1) is 6.92 Å². The number of hydrogen-bond acceptors (Lipinski definition) is 5. The number of sulfonamides is 1. The third-order valence-corrected chi connectivity index (χ3v) is 9.32. The van der Waals surface area contributed by atoms with E-state index in [2.05, 4.69) is 14.9 Å². The third-order valence-electron chi connectivity index (χ3n) is 7.75. The van der Waals surface area contributed by atoms with E-state index in [-0.39, 0.29) is 28.8 Å². The molecule has 2 aliphatic heterocycles. The molecule has 2 aliphatic rings. The van der Waals surface area contributed by atoms with E-state index in [9.17, 15) is 18.0 Å². The summed E-state index contributed by atoms with van der Waals surface area (Å²) >= 11 is 0. The molecule has 2 amide bonds. The van der Waals surface area contributed by atoms with Gasteiger partial charge >= 0.3 is 0 Å². The molecular formula is C29H34N4O4S. The monoisotopic (exact) mass is 534 g/mol. The molecule has 1 atom stereocenters. The smallest absolute Gasteiger partial charge is 0.255 e. The Labute approximate surface area is 224 Å². The fourth-order valence-electron chi connectivity index (χ4n) is 5.57. The molecule has 38 heavy (non-hydrogen) atoms. The number of rotatable bonds is 6. The van der Waals surface area contributed by atoms with Gasteiger partial charge in [-0.15, -0.1) is 0 Å². The maximum Gasteiger partial charge on any atom is 0.255 e. The van der Waals surface area contributed by atoms with Crippen LogP contribution in [0.15, 0.2) is 65.6 Å². The second-order valence-electron chi connectivity index (χ2n) is 10.3. The number of nitrogens with one attached hydrogen (secondary N) is 2. The Morgan fingerprint density at radius 1 is 0.868 bits per heavy atom. The fourth-order valence-corrected chi connectivity index (χ4v) is 7.08. The fraction of sp³-hybridized carbons (Fsp3) is 0.379. The summed E-state index contributed by atoms with van der Waals surface area (Å²) in [6.07, 6.45) is 3.07. The number of likely N-dealkylation sites (tertiary alicyclic amines) is 2. The van der Waals surface area contributed by atoms with E-state index in [1.54, 1.807) is 30.3 Å². The SMILES string of the molecule is Cc1ccccc1C(=O)Nc1ccc(S(=O)(=O)NC2CCN(C(=O)[C@@H]3CCCN3C)CC2)c2ccccc12. The number of carbonyl (C=O) groups excluding carboxylic acids is 2. The van der Waals surface area contributed by atoms with Gasteiger partial charge in [-0.05, 0) is 70.0 Å². The molecule has 3 aromatic carbocycles. The summed E-state index contributed by atoms with van der Waals surface area (Å²) in [5.41, 5.74) is 1.98. The highest BCUT2D eigenvalue weighted by atomic mass is 32.2. The van der Waals surface area contributed by atoms with Gasteiger partial charge in [0, 0.05) is 41.2 Å². The van der Waals surface area contributed by atoms with Gasteiger partial charge in [0.2, 0.25) is 15.9 Å². The number of amides is 2. The van der Waals surface area contributed by atoms with Gasteiger partial charge in [0.15, 0.2) is 0 Å². The van der Waals surface area contributed by atoms with Crippen LogP contribution in [0.4, 0.5) is 5.69 Å². The second kappa shape index (κ2) is 10.8. The summed E-state index contributed by atoms with van der Waals surface area (Å²) in [5.74, 6) is -0.0901. The van der Waals surface area contributed by atoms with Crippen LogP contribution in [0.1, 0.15) is 41.6 Å². The molecule has 0 saturated carbocycles. The summed E-state index contributed by atoms with van der Waals surface area (Å²) in [6.45, 7) is 3.90. The predicted octanol–water partition coefficient (Wildman–Crippen LogP) is 3.76. The van der Waals surface area contributed by atoms with E-state index in [0.29, 0.717) is 48.0 Å². The van der Waals surface area contributed by atoms with Gasteiger partial charge in [-0.1, -0.05) is 42.5 Å². The van der Waals surface area contributed by atoms with Crippen molar-refractivity contribution in [3.63, 3.8) is 0 Å². The molecule has 2 saturated heterocycles. The highest BCUT2D eigenvalue weighted by Gasteiger charge is 2.34. The number of benzene rings is 3. The quantitative estimate of drug-likeness (QED) is 0.502. The topological polar surface area (TPSA) is 98.8 Å². The van der Waals surface area contributed by atoms with E-state index in [1.807, 2.05) is 49.2 Å². The Bertz CT molecular complexity index is 1460. The number of aryl methyl sites for hydroxylation is 1. The molecule has 0 aliphatic carbocycles. The van der Waals surface area contributed by atoms with Crippen LogP contribution in [-0.2, 0) is 14.8 Å². The van der Waals surface area contributed by atoms with E-state index in [1.165, 1.54) is 0 Å². The van der Waals surface area contributed by atoms with Crippen molar-refractivity contribution < 1.29 is 18.0 Å². The van der Waals surface area contributed by atoms with Gasteiger partial charge in [-0.2, -0.15) is 0 Å². The molecule has 9 heteroatoms. The van der Waals surface area contributed by atoms with Crippen molar-refractivity contribution in [2.75, 3.05) is 32.0 Å². The molecule has 2 N–H and O–H groups in total. The number of piperidine rings is 1. The van der Waals surface area contributed by atoms with Crippen LogP contribution in [-0.4, -0.2) is 68.8 Å². The van der Waals surface area contributed by atoms with Crippen LogP contribution in [0.3, 0.4) is 0 Å². The molecule has 8 nitrogen and oxygen atoms in total. The Morgan fingerprint density at radius 2 is 1.55 bits per heavy atom. The Hall–Kier alpha value is -3.27. The molecule has 2 fully saturated rings. The van der Waals surface area contributed by atoms with Gasteiger partial charge in [0.25, 0.3) is 5.91 Å². The molecular weight excluding hydrogens is 500 g/mol. The average molecular weight is 535 g/mol. The number of carbonyl (C=O) groups is 2. The van der Waals surface area contributed by atoms with Gasteiger partial charge in [0.05, 0.1) is 10.9 Å². The summed E-state index contributed by atoms with van der Waals surface area (Å²) in [7, 11) is -1.84. The molecule has 0 bridgehead atoms. The second-order valence-corrected chi connectivity index (χ2v) is 12.0. The molecule has 2 heterocycles. The lowest BCUT2D eigenvalue weighted by molar-refractivity contribution is -0.136. The third kappa shape index (κ3) is 5.32. The highest BCUT2D eigenvalue weighted by Crippen LogP contribution is 2.31. The van der Waals surface area contributed by atoms with Gasteiger partial charge < -0.3 is 10.2 Å². The summed E-state index contributed by atoms with van der Waals surface area (Å²) in [5, 5.41) is 4.14. The first-order chi connectivity index (χ1) is 18.2. The Morgan fingerprint density at radius 3 is 2.24 bits per heavy atom. The standard InChI is InChI=1S/C29H34N4O4S/c1-20-8-3-4-9-22(20)28(34)30-25-13-14-27(24-11-6-5-10-23(24)25)38(36,37)31-21-15-18-33(19-16-21)29(35)26-12-7-17-32(26)2/h3-6,8-11,13-14,21,26,31H,7,12,15-19H2,1-2H3,(H,30,34)/t26-/m0/s1. The number of nitrogens with zero attached hydrogens (tertiary/aromatic N) is 2. The highest BCUT2D eigenvalue weighted by molar-refractivity contribution is 7.89. The molecule has 5 rings (SSSR count). The van der Waals surface area contributed by atoms with Crippen LogP contribution in [0.2, 0.25) is 0 Å². The van der Waals surface area contributed by atoms with Crippen molar-refractivity contribution in [1.29, 1.82) is 0 Å². The summed E-state index contributed by atoms with van der Waals surface area (Å²) in [4.78, 5) is 30.0. The zero-order chi connectivity index (χ0) is 26.9. The van der Waals surface area contributed by atoms with E-state index in [0.717, 1.165) is 24.9 Å². The van der Waals surface area contributed by atoms with Gasteiger partial charge in [0.1, 0.15) is 0 Å². The number of hydrogen-bond donors (Lipinski definition) is 2. The Kier molecular flexibility index (Phi) is 7.52. The van der Waals surface area contributed by atoms with Gasteiger partial charge in [-0.3, -0.25) is 14.5 Å². The summed E-state index contributed by atoms with van der Waals surface area (Å²) in [6, 6.07) is 17.4. The molecule has 0 aromatic heterocycles. The van der Waals surface area contributed by atoms with E-state index in [4.69, 9.17) is 0 Å². The van der Waals surface area contributed by atoms with Crippen molar-refractivity contribution in [3.8, 4) is 0 Å². The maximum absolute atomic E-state index is 13.5. The van der Waals surface area contributed by atoms with Crippen molar-refractivity contribution in [1.82, 2.24) is 14.5 Å². The lowest BCUT2D eigenvalue weighted by Crippen LogP contribution is -2.51. The molecule has 0 radical (unpaired) electrons. The van der Waals surface area contributed by atoms with Crippen molar-refractivity contribution in [2.24, 2.45) is 0 Å². The van der Waals surface area contributed by atoms with Crippen LogP contribution in [0.25, 0.3) is 10.8 Å². The minimum Gasteiger partial charge on any atom is -0.341 e. The van der Waals surface area contributed by atoms with Crippen molar-refractivity contribution >= 4 is 38.3 Å². The molecule has 3 aromatic rings. The zero-order valence-electron chi connectivity index (χ0n) is 21.8. The van der Waals surface area contributed by atoms with E-state index >= 15 is 0 Å². The lowest BCUT2D eigenvalue weighted by Gasteiger charge is -2.35. The molecule has 0 unspecified atom stereocenters. The van der Waals surface area contributed by atoms with Crippen molar-refractivity contribution in [2.45, 2.75) is 49.6 Å². The van der Waals surface area contributed by atoms with Crippen LogP contribution >= 0.6 is 0 Å². The maximum atomic E-state index is 13.5. The minimum absolute atomic E-state index is 0.0561. The largest absolute Gasteiger partial charge is 0.341 e. The lowest BCUT2D eigenvalue weighted by atomic mass is 10.0. The number of anilines is 1. The zero-order valence-corrected chi connectivity index (χ0v) is 22.6. The van der Waals surface area contributed by atoms with Gasteiger partial charge in [-0.25, -0.2) is 13.1 Å². The average Bonchev–Trinajstić information content (AvgIpc) is 3.34. The van der Waals surface area contributed by atoms with Crippen molar-refractivity contribution in [3.05, 3.63) is 71.8 Å². The van der Waals surface area contributed by atoms with E-state index < -0.39 is 10.0 Å². The van der Waals surface area contributed by atoms with Crippen LogP contribution in [0.5, 0.6) is 0 Å². The first kappa shape index (κ1) is 26.3. The number of likely N-dealkylation sites (N-methyl/N-ethyl adjacent to an activating group) is 1. The predicted molar refractivity (Wildman–Crippen MR) is 149 cm³/mol. The Balaban J connectivity index is 1.31. The number of fused-ring (bicyclic) bond motifs is 1. The first-order valence-electron chi connectivity index (χ1n) is 13.1.